The maximum Gasteiger partial charge on any atom is 0.253 e. The number of rotatable bonds is 3. The van der Waals surface area contributed by atoms with Crippen LogP contribution in [-0.4, -0.2) is 20.7 Å². The van der Waals surface area contributed by atoms with Gasteiger partial charge in [-0.3, -0.25) is 14.5 Å². The summed E-state index contributed by atoms with van der Waals surface area (Å²) in [6.45, 7) is 4.07. The summed E-state index contributed by atoms with van der Waals surface area (Å²) in [6, 6.07) is 3.60. The normalized spacial score (nSPS) is 10.5. The van der Waals surface area contributed by atoms with Crippen molar-refractivity contribution in [1.29, 1.82) is 0 Å². The molecule has 2 aromatic rings. The first kappa shape index (κ1) is 13.1. The number of nitrogen functional groups attached to an aromatic ring is 1. The number of aromatic nitrogens is 3. The van der Waals surface area contributed by atoms with Gasteiger partial charge in [0.05, 0.1) is 17.5 Å². The molecular weight excluding hydrogens is 242 g/mol. The first-order chi connectivity index (χ1) is 8.99. The summed E-state index contributed by atoms with van der Waals surface area (Å²) in [5, 5.41) is 6.84. The number of amides is 1. The van der Waals surface area contributed by atoms with Crippen LogP contribution in [0.1, 0.15) is 27.3 Å². The van der Waals surface area contributed by atoms with Gasteiger partial charge in [0.2, 0.25) is 0 Å². The van der Waals surface area contributed by atoms with Crippen LogP contribution in [0.5, 0.6) is 0 Å². The first-order valence-corrected chi connectivity index (χ1v) is 5.98. The highest BCUT2D eigenvalue weighted by molar-refractivity contribution is 5.95. The summed E-state index contributed by atoms with van der Waals surface area (Å²) in [7, 11) is 1.76. The van der Waals surface area contributed by atoms with Crippen LogP contribution in [0, 0.1) is 13.8 Å². The predicted octanol–water partition coefficient (Wildman–Crippen LogP) is 0.944. The summed E-state index contributed by atoms with van der Waals surface area (Å²) in [5.74, 6) is 0.396. The number of anilines is 1. The second kappa shape index (κ2) is 5.09. The average molecular weight is 259 g/mol. The Hall–Kier alpha value is -2.37. The topological polar surface area (TPSA) is 85.8 Å². The zero-order valence-electron chi connectivity index (χ0n) is 11.3. The third-order valence-corrected chi connectivity index (χ3v) is 2.97. The van der Waals surface area contributed by atoms with Crippen molar-refractivity contribution in [2.45, 2.75) is 20.4 Å². The molecule has 2 rings (SSSR count). The Labute approximate surface area is 111 Å². The van der Waals surface area contributed by atoms with Gasteiger partial charge in [-0.1, -0.05) is 0 Å². The van der Waals surface area contributed by atoms with Gasteiger partial charge in [-0.05, 0) is 26.0 Å². The van der Waals surface area contributed by atoms with Gasteiger partial charge >= 0.3 is 0 Å². The highest BCUT2D eigenvalue weighted by Gasteiger charge is 2.11. The Morgan fingerprint density at radius 1 is 1.42 bits per heavy atom. The molecule has 0 unspecified atom stereocenters. The first-order valence-electron chi connectivity index (χ1n) is 5.98. The van der Waals surface area contributed by atoms with E-state index in [9.17, 15) is 4.79 Å². The summed E-state index contributed by atoms with van der Waals surface area (Å²) < 4.78 is 1.57. The van der Waals surface area contributed by atoms with Crippen molar-refractivity contribution in [2.24, 2.45) is 7.05 Å². The Morgan fingerprint density at radius 2 is 2.16 bits per heavy atom. The molecule has 0 aromatic carbocycles. The highest BCUT2D eigenvalue weighted by Crippen LogP contribution is 2.10. The van der Waals surface area contributed by atoms with Crippen LogP contribution in [0.2, 0.25) is 0 Å². The van der Waals surface area contributed by atoms with Gasteiger partial charge in [0, 0.05) is 24.8 Å². The average Bonchev–Trinajstić information content (AvgIpc) is 2.67. The predicted molar refractivity (Wildman–Crippen MR) is 72.5 cm³/mol. The van der Waals surface area contributed by atoms with Gasteiger partial charge in [-0.2, -0.15) is 5.10 Å². The van der Waals surface area contributed by atoms with E-state index in [2.05, 4.69) is 15.4 Å². The molecule has 6 nitrogen and oxygen atoms in total. The van der Waals surface area contributed by atoms with E-state index in [1.54, 1.807) is 24.0 Å². The van der Waals surface area contributed by atoms with Gasteiger partial charge in [0.1, 0.15) is 5.82 Å². The SMILES string of the molecule is Cc1ccc(C(=O)NCc2cnn(C)c2N)c(C)n1. The van der Waals surface area contributed by atoms with Gasteiger partial charge in [0.25, 0.3) is 5.91 Å². The van der Waals surface area contributed by atoms with Crippen molar-refractivity contribution < 1.29 is 4.79 Å². The zero-order valence-corrected chi connectivity index (χ0v) is 11.3. The fraction of sp³-hybridized carbons (Fsp3) is 0.308. The van der Waals surface area contributed by atoms with Crippen molar-refractivity contribution in [1.82, 2.24) is 20.1 Å². The largest absolute Gasteiger partial charge is 0.384 e. The van der Waals surface area contributed by atoms with E-state index in [0.717, 1.165) is 17.0 Å². The molecule has 0 bridgehead atoms. The Bertz CT molecular complexity index is 617. The van der Waals surface area contributed by atoms with E-state index in [1.807, 2.05) is 19.9 Å². The molecule has 0 fully saturated rings. The molecule has 0 radical (unpaired) electrons. The Morgan fingerprint density at radius 3 is 2.74 bits per heavy atom. The molecule has 3 N–H and O–H groups in total. The molecule has 0 atom stereocenters. The van der Waals surface area contributed by atoms with Crippen molar-refractivity contribution in [3.05, 3.63) is 40.8 Å². The molecular formula is C13H17N5O. The van der Waals surface area contributed by atoms with Crippen LogP contribution in [0.4, 0.5) is 5.82 Å². The zero-order chi connectivity index (χ0) is 14.0. The minimum atomic E-state index is -0.159. The number of nitrogens with one attached hydrogen (secondary N) is 1. The minimum absolute atomic E-state index is 0.159. The van der Waals surface area contributed by atoms with E-state index in [1.165, 1.54) is 0 Å². The molecule has 0 spiro atoms. The molecule has 0 aliphatic rings. The second-order valence-electron chi connectivity index (χ2n) is 4.45. The number of nitrogens with zero attached hydrogens (tertiary/aromatic N) is 3. The van der Waals surface area contributed by atoms with Gasteiger partial charge in [-0.25, -0.2) is 0 Å². The van der Waals surface area contributed by atoms with Crippen molar-refractivity contribution >= 4 is 11.7 Å². The van der Waals surface area contributed by atoms with E-state index < -0.39 is 0 Å². The van der Waals surface area contributed by atoms with Crippen LogP contribution in [0.3, 0.4) is 0 Å². The molecule has 0 saturated heterocycles. The summed E-state index contributed by atoms with van der Waals surface area (Å²) in [4.78, 5) is 16.3. The summed E-state index contributed by atoms with van der Waals surface area (Å²) >= 11 is 0. The van der Waals surface area contributed by atoms with E-state index in [-0.39, 0.29) is 5.91 Å². The lowest BCUT2D eigenvalue weighted by atomic mass is 10.1. The standard InChI is InChI=1S/C13H17N5O/c1-8-4-5-11(9(2)17-8)13(19)15-6-10-7-16-18(3)12(10)14/h4-5,7H,6,14H2,1-3H3,(H,15,19). The van der Waals surface area contributed by atoms with E-state index in [0.29, 0.717) is 17.9 Å². The van der Waals surface area contributed by atoms with Crippen molar-refractivity contribution in [3.8, 4) is 0 Å². The minimum Gasteiger partial charge on any atom is -0.384 e. The van der Waals surface area contributed by atoms with E-state index >= 15 is 0 Å². The quantitative estimate of drug-likeness (QED) is 0.859. The molecule has 0 aliphatic heterocycles. The monoisotopic (exact) mass is 259 g/mol. The second-order valence-corrected chi connectivity index (χ2v) is 4.45. The number of carbonyl (C=O) groups excluding carboxylic acids is 1. The summed E-state index contributed by atoms with van der Waals surface area (Å²) in [6.07, 6.45) is 1.65. The van der Waals surface area contributed by atoms with Gasteiger partial charge in [0.15, 0.2) is 0 Å². The van der Waals surface area contributed by atoms with Gasteiger partial charge < -0.3 is 11.1 Å². The third-order valence-electron chi connectivity index (χ3n) is 2.97. The molecule has 6 heteroatoms. The smallest absolute Gasteiger partial charge is 0.253 e. The Balaban J connectivity index is 2.07. The number of hydrogen-bond acceptors (Lipinski definition) is 4. The van der Waals surface area contributed by atoms with Crippen LogP contribution in [0.15, 0.2) is 18.3 Å². The summed E-state index contributed by atoms with van der Waals surface area (Å²) in [5.41, 5.74) is 8.80. The third kappa shape index (κ3) is 2.73. The highest BCUT2D eigenvalue weighted by atomic mass is 16.1. The maximum atomic E-state index is 12.0. The fourth-order valence-electron chi connectivity index (χ4n) is 1.83. The van der Waals surface area contributed by atoms with Crippen LogP contribution >= 0.6 is 0 Å². The molecule has 0 aliphatic carbocycles. The number of aryl methyl sites for hydroxylation is 3. The lowest BCUT2D eigenvalue weighted by molar-refractivity contribution is 0.0950. The number of nitrogens with two attached hydrogens (primary N) is 1. The molecule has 1 amide bonds. The number of carbonyl (C=O) groups is 1. The maximum absolute atomic E-state index is 12.0. The molecule has 19 heavy (non-hydrogen) atoms. The van der Waals surface area contributed by atoms with E-state index in [4.69, 9.17) is 5.73 Å². The molecule has 2 aromatic heterocycles. The molecule has 2 heterocycles. The molecule has 0 saturated carbocycles. The van der Waals surface area contributed by atoms with Crippen LogP contribution in [-0.2, 0) is 13.6 Å². The fourth-order valence-corrected chi connectivity index (χ4v) is 1.83. The van der Waals surface area contributed by atoms with Crippen molar-refractivity contribution in [3.63, 3.8) is 0 Å². The molecule has 100 valence electrons. The van der Waals surface area contributed by atoms with Crippen LogP contribution in [0.25, 0.3) is 0 Å². The van der Waals surface area contributed by atoms with Crippen LogP contribution < -0.4 is 11.1 Å². The van der Waals surface area contributed by atoms with Crippen molar-refractivity contribution in [2.75, 3.05) is 5.73 Å². The lowest BCUT2D eigenvalue weighted by Crippen LogP contribution is -2.24. The number of hydrogen-bond donors (Lipinski definition) is 2. The number of pyridine rings is 1. The van der Waals surface area contributed by atoms with Gasteiger partial charge in [-0.15, -0.1) is 0 Å². The lowest BCUT2D eigenvalue weighted by Gasteiger charge is -2.07. The Kier molecular flexibility index (Phi) is 3.50.